The van der Waals surface area contributed by atoms with Crippen molar-refractivity contribution >= 4 is 18.5 Å². The van der Waals surface area contributed by atoms with Crippen LogP contribution < -0.4 is 10.1 Å². The van der Waals surface area contributed by atoms with Crippen LogP contribution in [0.1, 0.15) is 17.5 Å². The van der Waals surface area contributed by atoms with Crippen molar-refractivity contribution in [2.45, 2.75) is 19.6 Å². The molecule has 2 aromatic rings. The summed E-state index contributed by atoms with van der Waals surface area (Å²) in [6.07, 6.45) is 0.438. The lowest BCUT2D eigenvalue weighted by atomic mass is 10.2. The Kier molecular flexibility index (Phi) is 6.16. The monoisotopic (exact) mass is 301 g/mol. The number of carbonyl (C=O) groups is 1. The first-order valence-electron chi connectivity index (χ1n) is 6.91. The van der Waals surface area contributed by atoms with Gasteiger partial charge in [0.25, 0.3) is 0 Å². The van der Waals surface area contributed by atoms with E-state index >= 15 is 0 Å². The number of hydrogen-bond acceptors (Lipinski definition) is 3. The van der Waals surface area contributed by atoms with Gasteiger partial charge in [0.05, 0.1) is 0 Å². The molecule has 2 rings (SSSR count). The van der Waals surface area contributed by atoms with Crippen LogP contribution >= 0.6 is 12.6 Å². The molecule has 0 aliphatic heterocycles. The van der Waals surface area contributed by atoms with Gasteiger partial charge >= 0.3 is 0 Å². The van der Waals surface area contributed by atoms with Crippen LogP contribution in [0.5, 0.6) is 5.75 Å². The zero-order valence-corrected chi connectivity index (χ0v) is 12.7. The summed E-state index contributed by atoms with van der Waals surface area (Å²) in [7, 11) is 0. The third kappa shape index (κ3) is 5.52. The largest absolute Gasteiger partial charge is 0.489 e. The second kappa shape index (κ2) is 8.37. The molecule has 110 valence electrons. The molecular formula is C17H19NO2S. The summed E-state index contributed by atoms with van der Waals surface area (Å²) < 4.78 is 5.76. The molecule has 0 aliphatic rings. The second-order valence-electron chi connectivity index (χ2n) is 4.67. The number of rotatable bonds is 7. The first-order chi connectivity index (χ1) is 10.3. The highest BCUT2D eigenvalue weighted by Gasteiger charge is 2.01. The molecule has 2 aromatic carbocycles. The average Bonchev–Trinajstić information content (AvgIpc) is 2.53. The molecule has 0 saturated carbocycles. The summed E-state index contributed by atoms with van der Waals surface area (Å²) >= 11 is 4.04. The van der Waals surface area contributed by atoms with Crippen molar-refractivity contribution in [1.82, 2.24) is 5.32 Å². The highest BCUT2D eigenvalue weighted by molar-refractivity contribution is 7.80. The van der Waals surface area contributed by atoms with E-state index in [1.54, 1.807) is 0 Å². The minimum atomic E-state index is 0.0145. The third-order valence-corrected chi connectivity index (χ3v) is 3.20. The van der Waals surface area contributed by atoms with E-state index in [1.165, 1.54) is 0 Å². The van der Waals surface area contributed by atoms with Crippen molar-refractivity contribution in [2.24, 2.45) is 0 Å². The van der Waals surface area contributed by atoms with Crippen LogP contribution in [-0.2, 0) is 17.9 Å². The van der Waals surface area contributed by atoms with Crippen LogP contribution in [0.15, 0.2) is 54.6 Å². The molecular weight excluding hydrogens is 282 g/mol. The van der Waals surface area contributed by atoms with Crippen LogP contribution in [-0.4, -0.2) is 11.7 Å². The molecule has 1 N–H and O–H groups in total. The number of ether oxygens (including phenoxy) is 1. The molecule has 0 atom stereocenters. The van der Waals surface area contributed by atoms with Crippen molar-refractivity contribution in [1.29, 1.82) is 0 Å². The van der Waals surface area contributed by atoms with Gasteiger partial charge in [-0.2, -0.15) is 12.6 Å². The molecule has 0 aromatic heterocycles. The van der Waals surface area contributed by atoms with Gasteiger partial charge in [0.2, 0.25) is 5.91 Å². The topological polar surface area (TPSA) is 38.3 Å². The third-order valence-electron chi connectivity index (χ3n) is 2.98. The number of benzene rings is 2. The quantitative estimate of drug-likeness (QED) is 0.771. The maximum Gasteiger partial charge on any atom is 0.221 e. The van der Waals surface area contributed by atoms with E-state index in [0.29, 0.717) is 25.3 Å². The molecule has 21 heavy (non-hydrogen) atoms. The van der Waals surface area contributed by atoms with Crippen molar-refractivity contribution in [3.63, 3.8) is 0 Å². The Morgan fingerprint density at radius 1 is 1.05 bits per heavy atom. The lowest BCUT2D eigenvalue weighted by molar-refractivity contribution is -0.120. The molecule has 0 spiro atoms. The van der Waals surface area contributed by atoms with Gasteiger partial charge in [-0.15, -0.1) is 0 Å². The van der Waals surface area contributed by atoms with E-state index in [4.69, 9.17) is 4.74 Å². The zero-order chi connectivity index (χ0) is 14.9. The Bertz CT molecular complexity index is 572. The van der Waals surface area contributed by atoms with E-state index < -0.39 is 0 Å². The average molecular weight is 301 g/mol. The van der Waals surface area contributed by atoms with Gasteiger partial charge in [0.15, 0.2) is 0 Å². The van der Waals surface area contributed by atoms with Gasteiger partial charge in [0.1, 0.15) is 12.4 Å². The molecule has 0 bridgehead atoms. The lowest BCUT2D eigenvalue weighted by Gasteiger charge is -2.09. The molecule has 1 amide bonds. The van der Waals surface area contributed by atoms with E-state index in [9.17, 15) is 4.79 Å². The second-order valence-corrected chi connectivity index (χ2v) is 5.12. The highest BCUT2D eigenvalue weighted by Crippen LogP contribution is 2.15. The summed E-state index contributed by atoms with van der Waals surface area (Å²) in [4.78, 5) is 11.4. The van der Waals surface area contributed by atoms with Crippen LogP contribution in [0.2, 0.25) is 0 Å². The fourth-order valence-electron chi connectivity index (χ4n) is 1.88. The summed E-state index contributed by atoms with van der Waals surface area (Å²) in [6, 6.07) is 17.8. The minimum absolute atomic E-state index is 0.0145. The predicted molar refractivity (Wildman–Crippen MR) is 87.5 cm³/mol. The van der Waals surface area contributed by atoms with Gasteiger partial charge in [0, 0.05) is 13.0 Å². The Morgan fingerprint density at radius 3 is 2.57 bits per heavy atom. The fourth-order valence-corrected chi connectivity index (χ4v) is 2.08. The van der Waals surface area contributed by atoms with Gasteiger partial charge < -0.3 is 10.1 Å². The van der Waals surface area contributed by atoms with Crippen molar-refractivity contribution in [3.05, 3.63) is 65.7 Å². The molecule has 3 nitrogen and oxygen atoms in total. The van der Waals surface area contributed by atoms with Gasteiger partial charge in [-0.1, -0.05) is 42.5 Å². The number of nitrogens with one attached hydrogen (secondary N) is 1. The number of thiol groups is 1. The van der Waals surface area contributed by atoms with Crippen LogP contribution in [0.4, 0.5) is 0 Å². The van der Waals surface area contributed by atoms with E-state index in [1.807, 2.05) is 54.6 Å². The number of amides is 1. The van der Waals surface area contributed by atoms with Gasteiger partial charge in [-0.25, -0.2) is 0 Å². The van der Waals surface area contributed by atoms with Crippen LogP contribution in [0.25, 0.3) is 0 Å². The van der Waals surface area contributed by atoms with Gasteiger partial charge in [-0.3, -0.25) is 4.79 Å². The van der Waals surface area contributed by atoms with Crippen LogP contribution in [0.3, 0.4) is 0 Å². The fraction of sp³-hybridized carbons (Fsp3) is 0.235. The van der Waals surface area contributed by atoms with E-state index in [0.717, 1.165) is 16.9 Å². The van der Waals surface area contributed by atoms with Crippen molar-refractivity contribution in [3.8, 4) is 5.75 Å². The smallest absolute Gasteiger partial charge is 0.221 e. The summed E-state index contributed by atoms with van der Waals surface area (Å²) in [5.41, 5.74) is 2.15. The first kappa shape index (κ1) is 15.4. The molecule has 0 saturated heterocycles. The Morgan fingerprint density at radius 2 is 1.81 bits per heavy atom. The van der Waals surface area contributed by atoms with Crippen molar-refractivity contribution < 1.29 is 9.53 Å². The minimum Gasteiger partial charge on any atom is -0.489 e. The Balaban J connectivity index is 1.87. The molecule has 0 radical (unpaired) electrons. The number of hydrogen-bond donors (Lipinski definition) is 2. The molecule has 0 unspecified atom stereocenters. The lowest BCUT2D eigenvalue weighted by Crippen LogP contribution is -2.22. The standard InChI is InChI=1S/C17H19NO2S/c19-17(9-10-21)18-12-15-7-4-8-16(11-15)20-13-14-5-2-1-3-6-14/h1-8,11,21H,9-10,12-13H2,(H,18,19). The zero-order valence-electron chi connectivity index (χ0n) is 11.8. The molecule has 0 fully saturated rings. The van der Waals surface area contributed by atoms with E-state index in [2.05, 4.69) is 17.9 Å². The van der Waals surface area contributed by atoms with Gasteiger partial charge in [-0.05, 0) is 29.0 Å². The molecule has 0 aliphatic carbocycles. The predicted octanol–water partition coefficient (Wildman–Crippen LogP) is 3.20. The summed E-state index contributed by atoms with van der Waals surface area (Å²) in [6.45, 7) is 1.05. The molecule has 0 heterocycles. The normalized spacial score (nSPS) is 10.1. The maximum atomic E-state index is 11.4. The van der Waals surface area contributed by atoms with Crippen LogP contribution in [0, 0.1) is 0 Å². The summed E-state index contributed by atoms with van der Waals surface area (Å²) in [5, 5.41) is 2.86. The van der Waals surface area contributed by atoms with E-state index in [-0.39, 0.29) is 5.91 Å². The number of carbonyl (C=O) groups excluding carboxylic acids is 1. The van der Waals surface area contributed by atoms with Crippen molar-refractivity contribution in [2.75, 3.05) is 5.75 Å². The molecule has 4 heteroatoms. The Labute approximate surface area is 130 Å². The first-order valence-corrected chi connectivity index (χ1v) is 7.54. The summed E-state index contributed by atoms with van der Waals surface area (Å²) in [5.74, 6) is 1.38. The SMILES string of the molecule is O=C(CCS)NCc1cccc(OCc2ccccc2)c1. The Hall–Kier alpha value is -1.94. The highest BCUT2D eigenvalue weighted by atomic mass is 32.1. The maximum absolute atomic E-state index is 11.4.